The number of esters is 1. The van der Waals surface area contributed by atoms with Crippen molar-refractivity contribution in [2.75, 3.05) is 25.5 Å². The van der Waals surface area contributed by atoms with Crippen LogP contribution >= 0.6 is 11.8 Å². The van der Waals surface area contributed by atoms with Crippen molar-refractivity contribution in [3.8, 4) is 0 Å². The van der Waals surface area contributed by atoms with E-state index in [1.54, 1.807) is 12.1 Å². The molecule has 0 saturated carbocycles. The second-order valence-electron chi connectivity index (χ2n) is 5.82. The van der Waals surface area contributed by atoms with Gasteiger partial charge in [0, 0.05) is 23.8 Å². The first-order valence-corrected chi connectivity index (χ1v) is 9.67. The lowest BCUT2D eigenvalue weighted by molar-refractivity contribution is -0.123. The van der Waals surface area contributed by atoms with Crippen LogP contribution in [0.2, 0.25) is 0 Å². The maximum absolute atomic E-state index is 12.3. The molecule has 7 nitrogen and oxygen atoms in total. The fourth-order valence-electron chi connectivity index (χ4n) is 2.37. The van der Waals surface area contributed by atoms with Crippen LogP contribution in [0.3, 0.4) is 0 Å². The van der Waals surface area contributed by atoms with Gasteiger partial charge in [0.1, 0.15) is 0 Å². The Morgan fingerprint density at radius 2 is 2.12 bits per heavy atom. The zero-order chi connectivity index (χ0) is 18.8. The van der Waals surface area contributed by atoms with Gasteiger partial charge in [0.2, 0.25) is 0 Å². The number of imide groups is 1. The molecule has 0 unspecified atom stereocenters. The van der Waals surface area contributed by atoms with Gasteiger partial charge < -0.3 is 14.8 Å². The number of rotatable bonds is 8. The minimum absolute atomic E-state index is 0.205. The zero-order valence-electron chi connectivity index (χ0n) is 14.8. The smallest absolute Gasteiger partial charge is 0.339 e. The highest BCUT2D eigenvalue weighted by molar-refractivity contribution is 7.99. The molecule has 1 fully saturated rings. The van der Waals surface area contributed by atoms with Gasteiger partial charge in [0.15, 0.2) is 6.61 Å². The van der Waals surface area contributed by atoms with Gasteiger partial charge in [0.05, 0.1) is 11.7 Å². The highest BCUT2D eigenvalue weighted by Gasteiger charge is 2.19. The SMILES string of the molecule is CCCNC(=O)NC(=O)COC(=O)c1ccccc1SC[C@H]1CCCO1. The molecule has 26 heavy (non-hydrogen) atoms. The average molecular weight is 380 g/mol. The molecule has 1 aliphatic heterocycles. The van der Waals surface area contributed by atoms with Crippen LogP contribution < -0.4 is 10.6 Å². The van der Waals surface area contributed by atoms with Gasteiger partial charge in [-0.3, -0.25) is 10.1 Å². The van der Waals surface area contributed by atoms with Crippen molar-refractivity contribution in [1.82, 2.24) is 10.6 Å². The summed E-state index contributed by atoms with van der Waals surface area (Å²) in [5.74, 6) is -0.497. The van der Waals surface area contributed by atoms with E-state index in [2.05, 4.69) is 10.6 Å². The molecule has 1 aromatic rings. The van der Waals surface area contributed by atoms with E-state index >= 15 is 0 Å². The van der Waals surface area contributed by atoms with Gasteiger partial charge in [-0.1, -0.05) is 19.1 Å². The summed E-state index contributed by atoms with van der Waals surface area (Å²) >= 11 is 1.54. The molecule has 2 rings (SSSR count). The Hall–Kier alpha value is -2.06. The summed E-state index contributed by atoms with van der Waals surface area (Å²) in [5.41, 5.74) is 0.402. The predicted octanol–water partition coefficient (Wildman–Crippen LogP) is 2.35. The third-order valence-corrected chi connectivity index (χ3v) is 4.88. The number of nitrogens with one attached hydrogen (secondary N) is 2. The molecule has 0 aliphatic carbocycles. The molecule has 1 atom stereocenters. The predicted molar refractivity (Wildman–Crippen MR) is 98.3 cm³/mol. The number of amides is 3. The van der Waals surface area contributed by atoms with Crippen molar-refractivity contribution < 1.29 is 23.9 Å². The Morgan fingerprint density at radius 1 is 1.31 bits per heavy atom. The molecular formula is C18H24N2O5S. The highest BCUT2D eigenvalue weighted by atomic mass is 32.2. The zero-order valence-corrected chi connectivity index (χ0v) is 15.6. The number of urea groups is 1. The minimum atomic E-state index is -0.670. The Balaban J connectivity index is 1.82. The summed E-state index contributed by atoms with van der Waals surface area (Å²) in [6.07, 6.45) is 3.06. The van der Waals surface area contributed by atoms with Crippen LogP contribution in [-0.2, 0) is 14.3 Å². The van der Waals surface area contributed by atoms with Gasteiger partial charge >= 0.3 is 12.0 Å². The average Bonchev–Trinajstić information content (AvgIpc) is 3.16. The fraction of sp³-hybridized carbons (Fsp3) is 0.500. The van der Waals surface area contributed by atoms with Crippen molar-refractivity contribution in [1.29, 1.82) is 0 Å². The first-order chi connectivity index (χ1) is 12.6. The maximum Gasteiger partial charge on any atom is 0.339 e. The molecule has 0 spiro atoms. The number of thioether (sulfide) groups is 1. The number of hydrogen-bond donors (Lipinski definition) is 2. The third-order valence-electron chi connectivity index (χ3n) is 3.68. The lowest BCUT2D eigenvalue weighted by Crippen LogP contribution is -2.41. The molecule has 8 heteroatoms. The molecule has 142 valence electrons. The van der Waals surface area contributed by atoms with Crippen LogP contribution in [0.4, 0.5) is 4.79 Å². The molecule has 0 aromatic heterocycles. The van der Waals surface area contributed by atoms with Gasteiger partial charge in [-0.15, -0.1) is 11.8 Å². The molecule has 1 aromatic carbocycles. The number of carbonyl (C=O) groups is 3. The van der Waals surface area contributed by atoms with Crippen molar-refractivity contribution in [3.05, 3.63) is 29.8 Å². The highest BCUT2D eigenvalue weighted by Crippen LogP contribution is 2.27. The van der Waals surface area contributed by atoms with Crippen molar-refractivity contribution >= 4 is 29.7 Å². The molecule has 0 bridgehead atoms. The van der Waals surface area contributed by atoms with E-state index in [0.717, 1.165) is 36.5 Å². The molecule has 1 heterocycles. The first-order valence-electron chi connectivity index (χ1n) is 8.68. The topological polar surface area (TPSA) is 93.7 Å². The standard InChI is InChI=1S/C18H24N2O5S/c1-2-9-19-18(23)20-16(21)11-25-17(22)14-7-3-4-8-15(14)26-12-13-6-5-10-24-13/h3-4,7-8,13H,2,5-6,9-12H2,1H3,(H2,19,20,21,23)/t13-/m1/s1. The second-order valence-corrected chi connectivity index (χ2v) is 6.88. The van der Waals surface area contributed by atoms with E-state index in [4.69, 9.17) is 9.47 Å². The van der Waals surface area contributed by atoms with E-state index < -0.39 is 24.5 Å². The molecular weight excluding hydrogens is 356 g/mol. The number of carbonyl (C=O) groups excluding carboxylic acids is 3. The second kappa shape index (κ2) is 10.8. The van der Waals surface area contributed by atoms with Crippen molar-refractivity contribution in [3.63, 3.8) is 0 Å². The van der Waals surface area contributed by atoms with E-state index in [1.807, 2.05) is 19.1 Å². The number of ether oxygens (including phenoxy) is 2. The minimum Gasteiger partial charge on any atom is -0.452 e. The van der Waals surface area contributed by atoms with Crippen LogP contribution in [0.25, 0.3) is 0 Å². The van der Waals surface area contributed by atoms with Gasteiger partial charge in [-0.25, -0.2) is 9.59 Å². The first kappa shape index (κ1) is 20.3. The van der Waals surface area contributed by atoms with Gasteiger partial charge in [0.25, 0.3) is 5.91 Å². The third kappa shape index (κ3) is 6.68. The summed E-state index contributed by atoms with van der Waals surface area (Å²) < 4.78 is 10.6. The molecule has 1 saturated heterocycles. The number of benzene rings is 1. The summed E-state index contributed by atoms with van der Waals surface area (Å²) in [6, 6.07) is 6.49. The van der Waals surface area contributed by atoms with Crippen molar-refractivity contribution in [2.45, 2.75) is 37.2 Å². The molecule has 3 amide bonds. The summed E-state index contributed by atoms with van der Waals surface area (Å²) in [4.78, 5) is 36.1. The summed E-state index contributed by atoms with van der Waals surface area (Å²) in [6.45, 7) is 2.64. The van der Waals surface area contributed by atoms with Crippen LogP contribution in [0.5, 0.6) is 0 Å². The summed E-state index contributed by atoms with van der Waals surface area (Å²) in [7, 11) is 0. The fourth-order valence-corrected chi connectivity index (χ4v) is 3.48. The summed E-state index contributed by atoms with van der Waals surface area (Å²) in [5, 5.41) is 4.62. The largest absolute Gasteiger partial charge is 0.452 e. The van der Waals surface area contributed by atoms with Crippen LogP contribution in [0, 0.1) is 0 Å². The lowest BCUT2D eigenvalue weighted by atomic mass is 10.2. The maximum atomic E-state index is 12.3. The lowest BCUT2D eigenvalue weighted by Gasteiger charge is -2.12. The van der Waals surface area contributed by atoms with E-state index in [-0.39, 0.29) is 6.10 Å². The van der Waals surface area contributed by atoms with E-state index in [9.17, 15) is 14.4 Å². The Labute approximate surface area is 157 Å². The van der Waals surface area contributed by atoms with E-state index in [0.29, 0.717) is 12.1 Å². The Bertz CT molecular complexity index is 632. The normalized spacial score (nSPS) is 16.1. The van der Waals surface area contributed by atoms with Gasteiger partial charge in [-0.05, 0) is 31.4 Å². The quantitative estimate of drug-likeness (QED) is 0.531. The van der Waals surface area contributed by atoms with Crippen LogP contribution in [0.15, 0.2) is 29.2 Å². The monoisotopic (exact) mass is 380 g/mol. The van der Waals surface area contributed by atoms with Crippen LogP contribution in [0.1, 0.15) is 36.5 Å². The van der Waals surface area contributed by atoms with Crippen molar-refractivity contribution in [2.24, 2.45) is 0 Å². The van der Waals surface area contributed by atoms with E-state index in [1.165, 1.54) is 11.8 Å². The molecule has 0 radical (unpaired) electrons. The molecule has 2 N–H and O–H groups in total. The van der Waals surface area contributed by atoms with Crippen LogP contribution in [-0.4, -0.2) is 49.5 Å². The number of hydrogen-bond acceptors (Lipinski definition) is 6. The van der Waals surface area contributed by atoms with Gasteiger partial charge in [-0.2, -0.15) is 0 Å². The Kier molecular flexibility index (Phi) is 8.43. The molecule has 1 aliphatic rings. The Morgan fingerprint density at radius 3 is 2.85 bits per heavy atom.